The molecule has 7 nitrogen and oxygen atoms in total. The summed E-state index contributed by atoms with van der Waals surface area (Å²) in [6, 6.07) is 13.8. The van der Waals surface area contributed by atoms with Crippen molar-refractivity contribution in [2.45, 2.75) is 6.54 Å². The van der Waals surface area contributed by atoms with E-state index in [4.69, 9.17) is 9.26 Å². The first-order valence-electron chi connectivity index (χ1n) is 9.22. The van der Waals surface area contributed by atoms with Crippen molar-refractivity contribution in [1.82, 2.24) is 24.9 Å². The average Bonchev–Trinajstić information content (AvgIpc) is 3.19. The summed E-state index contributed by atoms with van der Waals surface area (Å²) >= 11 is 0. The van der Waals surface area contributed by atoms with Crippen molar-refractivity contribution in [1.29, 1.82) is 0 Å². The van der Waals surface area contributed by atoms with Gasteiger partial charge in [-0.25, -0.2) is 0 Å². The molecule has 0 aliphatic carbocycles. The molecule has 1 saturated heterocycles. The van der Waals surface area contributed by atoms with E-state index in [1.165, 1.54) is 0 Å². The highest BCUT2D eigenvalue weighted by molar-refractivity contribution is 5.51. The van der Waals surface area contributed by atoms with E-state index in [1.54, 1.807) is 12.4 Å². The molecular formula is C20H23N5O2. The highest BCUT2D eigenvalue weighted by atomic mass is 16.5. The Bertz CT molecular complexity index is 817. The number of hydrogen-bond donors (Lipinski definition) is 0. The third-order valence-electron chi connectivity index (χ3n) is 4.63. The zero-order valence-electron chi connectivity index (χ0n) is 15.2. The van der Waals surface area contributed by atoms with Gasteiger partial charge in [0.25, 0.3) is 0 Å². The minimum absolute atomic E-state index is 0.592. The first-order valence-corrected chi connectivity index (χ1v) is 9.22. The fraction of sp³-hybridized carbons (Fsp3) is 0.350. The molecule has 0 bridgehead atoms. The molecule has 0 atom stereocenters. The molecule has 140 valence electrons. The van der Waals surface area contributed by atoms with Crippen molar-refractivity contribution in [3.63, 3.8) is 0 Å². The van der Waals surface area contributed by atoms with Crippen LogP contribution in [0.4, 0.5) is 0 Å². The molecule has 7 heteroatoms. The number of nitrogens with zero attached hydrogens (tertiary/aromatic N) is 5. The molecule has 1 aliphatic heterocycles. The van der Waals surface area contributed by atoms with E-state index in [1.807, 2.05) is 42.5 Å². The van der Waals surface area contributed by atoms with Crippen LogP contribution in [0.2, 0.25) is 0 Å². The molecular weight excluding hydrogens is 342 g/mol. The van der Waals surface area contributed by atoms with Crippen LogP contribution in [0.15, 0.2) is 59.4 Å². The minimum atomic E-state index is 0.592. The quantitative estimate of drug-likeness (QED) is 0.636. The van der Waals surface area contributed by atoms with Crippen molar-refractivity contribution in [2.24, 2.45) is 0 Å². The zero-order valence-corrected chi connectivity index (χ0v) is 15.2. The summed E-state index contributed by atoms with van der Waals surface area (Å²) in [5.41, 5.74) is 0.871. The molecule has 2 aromatic heterocycles. The maximum absolute atomic E-state index is 5.78. The Hall–Kier alpha value is -2.77. The number of benzene rings is 1. The number of para-hydroxylation sites is 1. The normalized spacial score (nSPS) is 15.7. The molecule has 1 fully saturated rings. The largest absolute Gasteiger partial charge is 0.492 e. The van der Waals surface area contributed by atoms with Crippen molar-refractivity contribution < 1.29 is 9.26 Å². The van der Waals surface area contributed by atoms with E-state index >= 15 is 0 Å². The second kappa shape index (κ2) is 8.75. The Morgan fingerprint density at radius 1 is 0.963 bits per heavy atom. The van der Waals surface area contributed by atoms with E-state index in [9.17, 15) is 0 Å². The van der Waals surface area contributed by atoms with E-state index in [-0.39, 0.29) is 0 Å². The van der Waals surface area contributed by atoms with Gasteiger partial charge in [0.05, 0.1) is 6.54 Å². The summed E-state index contributed by atoms with van der Waals surface area (Å²) in [4.78, 5) is 13.3. The van der Waals surface area contributed by atoms with Gasteiger partial charge in [-0.15, -0.1) is 0 Å². The Labute approximate surface area is 158 Å². The lowest BCUT2D eigenvalue weighted by molar-refractivity contribution is 0.104. The van der Waals surface area contributed by atoms with Gasteiger partial charge in [-0.2, -0.15) is 4.98 Å². The van der Waals surface area contributed by atoms with Gasteiger partial charge in [0.1, 0.15) is 12.4 Å². The van der Waals surface area contributed by atoms with E-state index in [0.717, 1.165) is 44.0 Å². The zero-order chi connectivity index (χ0) is 18.3. The first kappa shape index (κ1) is 17.6. The predicted octanol–water partition coefficient (Wildman–Crippen LogP) is 2.33. The third kappa shape index (κ3) is 4.90. The molecule has 3 aromatic rings. The Morgan fingerprint density at radius 2 is 1.78 bits per heavy atom. The summed E-state index contributed by atoms with van der Waals surface area (Å²) in [7, 11) is 0. The fourth-order valence-electron chi connectivity index (χ4n) is 3.10. The van der Waals surface area contributed by atoms with Crippen molar-refractivity contribution >= 4 is 0 Å². The Balaban J connectivity index is 1.20. The van der Waals surface area contributed by atoms with Gasteiger partial charge in [0.15, 0.2) is 0 Å². The van der Waals surface area contributed by atoms with Crippen molar-refractivity contribution in [3.05, 3.63) is 60.7 Å². The van der Waals surface area contributed by atoms with Gasteiger partial charge in [-0.3, -0.25) is 14.8 Å². The van der Waals surface area contributed by atoms with Crippen LogP contribution in [-0.2, 0) is 6.54 Å². The summed E-state index contributed by atoms with van der Waals surface area (Å²) in [6.07, 6.45) is 3.47. The maximum Gasteiger partial charge on any atom is 0.241 e. The summed E-state index contributed by atoms with van der Waals surface area (Å²) in [6.45, 7) is 6.33. The molecule has 0 amide bonds. The molecule has 0 unspecified atom stereocenters. The fourth-order valence-corrected chi connectivity index (χ4v) is 3.10. The number of hydrogen-bond acceptors (Lipinski definition) is 7. The molecule has 0 radical (unpaired) electrons. The maximum atomic E-state index is 5.78. The summed E-state index contributed by atoms with van der Waals surface area (Å²) < 4.78 is 11.2. The highest BCUT2D eigenvalue weighted by Gasteiger charge is 2.19. The number of aromatic nitrogens is 3. The van der Waals surface area contributed by atoms with Crippen LogP contribution in [0.1, 0.15) is 5.89 Å². The molecule has 0 N–H and O–H groups in total. The summed E-state index contributed by atoms with van der Waals surface area (Å²) in [5.74, 6) is 2.17. The highest BCUT2D eigenvalue weighted by Crippen LogP contribution is 2.15. The van der Waals surface area contributed by atoms with Gasteiger partial charge < -0.3 is 9.26 Å². The molecule has 0 saturated carbocycles. The van der Waals surface area contributed by atoms with Crippen molar-refractivity contribution in [3.8, 4) is 17.1 Å². The molecule has 0 spiro atoms. The lowest BCUT2D eigenvalue weighted by atomic mass is 10.3. The summed E-state index contributed by atoms with van der Waals surface area (Å²) in [5, 5.41) is 4.06. The van der Waals surface area contributed by atoms with Crippen LogP contribution in [0.3, 0.4) is 0 Å². The number of rotatable bonds is 7. The molecule has 1 aliphatic rings. The van der Waals surface area contributed by atoms with Crippen LogP contribution in [0.25, 0.3) is 11.4 Å². The topological polar surface area (TPSA) is 67.5 Å². The van der Waals surface area contributed by atoms with Crippen LogP contribution in [0, 0.1) is 0 Å². The standard InChI is InChI=1S/C20H23N5O2/c1-2-6-18(7-3-1)26-14-13-24-9-11-25(12-10-24)16-19-22-20(23-27-19)17-5-4-8-21-15-17/h1-8,15H,9-14,16H2. The average molecular weight is 365 g/mol. The monoisotopic (exact) mass is 365 g/mol. The van der Waals surface area contributed by atoms with E-state index in [0.29, 0.717) is 24.9 Å². The van der Waals surface area contributed by atoms with Crippen LogP contribution >= 0.6 is 0 Å². The number of ether oxygens (including phenoxy) is 1. The smallest absolute Gasteiger partial charge is 0.241 e. The molecule has 1 aromatic carbocycles. The third-order valence-corrected chi connectivity index (χ3v) is 4.63. The van der Waals surface area contributed by atoms with Crippen LogP contribution in [0.5, 0.6) is 5.75 Å². The van der Waals surface area contributed by atoms with E-state index in [2.05, 4.69) is 24.9 Å². The lowest BCUT2D eigenvalue weighted by Gasteiger charge is -2.33. The van der Waals surface area contributed by atoms with E-state index < -0.39 is 0 Å². The van der Waals surface area contributed by atoms with Gasteiger partial charge in [0.2, 0.25) is 11.7 Å². The minimum Gasteiger partial charge on any atom is -0.492 e. The predicted molar refractivity (Wildman–Crippen MR) is 101 cm³/mol. The van der Waals surface area contributed by atoms with Gasteiger partial charge in [0, 0.05) is 50.7 Å². The Kier molecular flexibility index (Phi) is 5.71. The van der Waals surface area contributed by atoms with Crippen LogP contribution in [-0.4, -0.2) is 64.3 Å². The Morgan fingerprint density at radius 3 is 2.56 bits per heavy atom. The number of pyridine rings is 1. The van der Waals surface area contributed by atoms with Crippen LogP contribution < -0.4 is 4.74 Å². The second-order valence-corrected chi connectivity index (χ2v) is 6.53. The van der Waals surface area contributed by atoms with Crippen molar-refractivity contribution in [2.75, 3.05) is 39.3 Å². The second-order valence-electron chi connectivity index (χ2n) is 6.53. The SMILES string of the molecule is c1ccc(OCCN2CCN(Cc3nc(-c4cccnc4)no3)CC2)cc1. The first-order chi connectivity index (χ1) is 13.4. The lowest BCUT2D eigenvalue weighted by Crippen LogP contribution is -2.47. The molecule has 4 rings (SSSR count). The molecule has 27 heavy (non-hydrogen) atoms. The van der Waals surface area contributed by atoms with Gasteiger partial charge >= 0.3 is 0 Å². The molecule has 3 heterocycles. The number of piperazine rings is 1. The van der Waals surface area contributed by atoms with Gasteiger partial charge in [-0.1, -0.05) is 23.4 Å². The van der Waals surface area contributed by atoms with Gasteiger partial charge in [-0.05, 0) is 24.3 Å².